The van der Waals surface area contributed by atoms with Crippen molar-refractivity contribution in [2.45, 2.75) is 12.8 Å². The van der Waals surface area contributed by atoms with Crippen molar-refractivity contribution in [1.29, 1.82) is 0 Å². The van der Waals surface area contributed by atoms with E-state index in [-0.39, 0.29) is 11.5 Å². The number of amides is 1. The number of hydrazone groups is 1. The molecular formula is C9H9N3O2. The second kappa shape index (κ2) is 3.45. The Hall–Kier alpha value is -1.91. The van der Waals surface area contributed by atoms with Gasteiger partial charge in [-0.05, 0) is 6.07 Å². The summed E-state index contributed by atoms with van der Waals surface area (Å²) in [5.74, 6) is -0.0711. The molecule has 0 aromatic carbocycles. The fraction of sp³-hybridized carbons (Fsp3) is 0.222. The number of carbonyl (C=O) groups excluding carboxylic acids is 1. The van der Waals surface area contributed by atoms with Gasteiger partial charge in [-0.2, -0.15) is 5.10 Å². The van der Waals surface area contributed by atoms with Gasteiger partial charge in [0.15, 0.2) is 0 Å². The Labute approximate surface area is 79.8 Å². The fourth-order valence-corrected chi connectivity index (χ4v) is 1.27. The van der Waals surface area contributed by atoms with Crippen LogP contribution in [0.4, 0.5) is 0 Å². The number of nitrogens with zero attached hydrogens (tertiary/aromatic N) is 1. The molecule has 0 atom stereocenters. The molecule has 0 spiro atoms. The molecule has 0 unspecified atom stereocenters. The predicted octanol–water partition coefficient (Wildman–Crippen LogP) is -0.0110. The van der Waals surface area contributed by atoms with Gasteiger partial charge in [-0.3, -0.25) is 9.59 Å². The zero-order valence-electron chi connectivity index (χ0n) is 7.41. The van der Waals surface area contributed by atoms with Crippen LogP contribution in [0, 0.1) is 0 Å². The number of H-pyrrole nitrogens is 1. The summed E-state index contributed by atoms with van der Waals surface area (Å²) < 4.78 is 0. The van der Waals surface area contributed by atoms with E-state index in [1.165, 1.54) is 6.07 Å². The molecule has 1 aliphatic heterocycles. The zero-order chi connectivity index (χ0) is 9.97. The van der Waals surface area contributed by atoms with E-state index in [0.29, 0.717) is 12.8 Å². The second-order valence-electron chi connectivity index (χ2n) is 3.04. The van der Waals surface area contributed by atoms with Gasteiger partial charge in [-0.15, -0.1) is 0 Å². The number of pyridine rings is 1. The van der Waals surface area contributed by atoms with E-state index in [4.69, 9.17) is 0 Å². The van der Waals surface area contributed by atoms with Gasteiger partial charge in [0.05, 0.1) is 5.71 Å². The highest BCUT2D eigenvalue weighted by Crippen LogP contribution is 2.07. The maximum atomic E-state index is 10.8. The van der Waals surface area contributed by atoms with Crippen LogP contribution in [0.15, 0.2) is 28.2 Å². The lowest BCUT2D eigenvalue weighted by molar-refractivity contribution is -0.121. The lowest BCUT2D eigenvalue weighted by atomic mass is 10.1. The highest BCUT2D eigenvalue weighted by atomic mass is 16.2. The number of nitrogens with one attached hydrogen (secondary N) is 2. The van der Waals surface area contributed by atoms with Crippen LogP contribution in [0.3, 0.4) is 0 Å². The molecule has 0 radical (unpaired) electrons. The number of hydrogen-bond acceptors (Lipinski definition) is 3. The molecule has 0 bridgehead atoms. The zero-order valence-corrected chi connectivity index (χ0v) is 7.41. The summed E-state index contributed by atoms with van der Waals surface area (Å²) in [5, 5.41) is 3.91. The van der Waals surface area contributed by atoms with E-state index < -0.39 is 0 Å². The summed E-state index contributed by atoms with van der Waals surface area (Å²) in [6, 6.07) is 3.13. The van der Waals surface area contributed by atoms with E-state index in [1.807, 2.05) is 0 Å². The Morgan fingerprint density at radius 3 is 2.64 bits per heavy atom. The van der Waals surface area contributed by atoms with Gasteiger partial charge in [0.1, 0.15) is 0 Å². The Kier molecular flexibility index (Phi) is 2.14. The molecule has 1 aromatic rings. The van der Waals surface area contributed by atoms with Gasteiger partial charge in [0.2, 0.25) is 11.5 Å². The molecule has 0 fully saturated rings. The van der Waals surface area contributed by atoms with Crippen molar-refractivity contribution in [1.82, 2.24) is 10.4 Å². The van der Waals surface area contributed by atoms with Gasteiger partial charge >= 0.3 is 0 Å². The van der Waals surface area contributed by atoms with Crippen LogP contribution >= 0.6 is 0 Å². The maximum absolute atomic E-state index is 10.8. The topological polar surface area (TPSA) is 74.3 Å². The van der Waals surface area contributed by atoms with Gasteiger partial charge in [0, 0.05) is 30.7 Å². The molecule has 1 amide bonds. The summed E-state index contributed by atoms with van der Waals surface area (Å²) >= 11 is 0. The van der Waals surface area contributed by atoms with Crippen molar-refractivity contribution in [2.75, 3.05) is 0 Å². The van der Waals surface area contributed by atoms with Gasteiger partial charge in [-0.25, -0.2) is 5.43 Å². The Morgan fingerprint density at radius 1 is 1.21 bits per heavy atom. The van der Waals surface area contributed by atoms with Crippen molar-refractivity contribution in [2.24, 2.45) is 5.10 Å². The molecule has 1 aromatic heterocycles. The van der Waals surface area contributed by atoms with Crippen LogP contribution in [0.25, 0.3) is 0 Å². The molecule has 2 rings (SSSR count). The fourth-order valence-electron chi connectivity index (χ4n) is 1.27. The largest absolute Gasteiger partial charge is 0.328 e. The first-order valence-electron chi connectivity index (χ1n) is 4.30. The van der Waals surface area contributed by atoms with Crippen LogP contribution in [0.1, 0.15) is 18.4 Å². The molecular weight excluding hydrogens is 182 g/mol. The first-order valence-corrected chi connectivity index (χ1v) is 4.30. The molecule has 0 saturated heterocycles. The summed E-state index contributed by atoms with van der Waals surface area (Å²) in [4.78, 5) is 24.2. The summed E-state index contributed by atoms with van der Waals surface area (Å²) in [6.45, 7) is 0. The lowest BCUT2D eigenvalue weighted by Crippen LogP contribution is -2.26. The number of hydrogen-bond donors (Lipinski definition) is 2. The first-order chi connectivity index (χ1) is 6.75. The van der Waals surface area contributed by atoms with Crippen molar-refractivity contribution < 1.29 is 4.79 Å². The van der Waals surface area contributed by atoms with Crippen molar-refractivity contribution in [3.05, 3.63) is 34.2 Å². The highest BCUT2D eigenvalue weighted by molar-refractivity contribution is 6.03. The number of aromatic amines is 1. The van der Waals surface area contributed by atoms with Crippen molar-refractivity contribution >= 4 is 11.6 Å². The van der Waals surface area contributed by atoms with Crippen LogP contribution in [-0.4, -0.2) is 16.6 Å². The first kappa shape index (κ1) is 8.68. The van der Waals surface area contributed by atoms with Crippen LogP contribution in [0.5, 0.6) is 0 Å². The monoisotopic (exact) mass is 191 g/mol. The van der Waals surface area contributed by atoms with Crippen LogP contribution < -0.4 is 11.0 Å². The average molecular weight is 191 g/mol. The highest BCUT2D eigenvalue weighted by Gasteiger charge is 2.12. The molecule has 2 heterocycles. The number of carbonyl (C=O) groups is 1. The molecule has 5 nitrogen and oxygen atoms in total. The summed E-state index contributed by atoms with van der Waals surface area (Å²) in [6.07, 6.45) is 2.65. The molecule has 5 heteroatoms. The normalized spacial score (nSPS) is 16.0. The van der Waals surface area contributed by atoms with E-state index in [2.05, 4.69) is 15.5 Å². The van der Waals surface area contributed by atoms with E-state index in [0.717, 1.165) is 11.3 Å². The lowest BCUT2D eigenvalue weighted by Gasteiger charge is -2.11. The molecule has 1 aliphatic rings. The van der Waals surface area contributed by atoms with Crippen LogP contribution in [-0.2, 0) is 4.79 Å². The Balaban J connectivity index is 2.27. The quantitative estimate of drug-likeness (QED) is 0.655. The van der Waals surface area contributed by atoms with Gasteiger partial charge in [0.25, 0.3) is 0 Å². The minimum atomic E-state index is -0.144. The molecule has 2 N–H and O–H groups in total. The Bertz CT molecular complexity index is 427. The Morgan fingerprint density at radius 2 is 2.07 bits per heavy atom. The molecule has 0 saturated carbocycles. The molecule has 72 valence electrons. The minimum absolute atomic E-state index is 0.0711. The SMILES string of the molecule is O=C1CCC(c2ccc(=O)[nH]c2)=NN1. The molecule has 0 aliphatic carbocycles. The number of rotatable bonds is 1. The average Bonchev–Trinajstić information content (AvgIpc) is 2.21. The molecule has 14 heavy (non-hydrogen) atoms. The standard InChI is InChI=1S/C9H9N3O2/c13-8-3-1-6(5-10-8)7-2-4-9(14)12-11-7/h1,3,5H,2,4H2,(H,10,13)(H,12,14). The van der Waals surface area contributed by atoms with Crippen molar-refractivity contribution in [3.63, 3.8) is 0 Å². The van der Waals surface area contributed by atoms with E-state index in [1.54, 1.807) is 12.3 Å². The third kappa shape index (κ3) is 1.71. The van der Waals surface area contributed by atoms with Gasteiger partial charge in [-0.1, -0.05) is 0 Å². The summed E-state index contributed by atoms with van der Waals surface area (Å²) in [5.41, 5.74) is 3.89. The van der Waals surface area contributed by atoms with E-state index >= 15 is 0 Å². The van der Waals surface area contributed by atoms with Crippen molar-refractivity contribution in [3.8, 4) is 0 Å². The third-order valence-electron chi connectivity index (χ3n) is 2.02. The second-order valence-corrected chi connectivity index (χ2v) is 3.04. The number of aromatic nitrogens is 1. The van der Waals surface area contributed by atoms with Gasteiger partial charge < -0.3 is 4.98 Å². The minimum Gasteiger partial charge on any atom is -0.328 e. The maximum Gasteiger partial charge on any atom is 0.247 e. The smallest absolute Gasteiger partial charge is 0.247 e. The summed E-state index contributed by atoms with van der Waals surface area (Å²) in [7, 11) is 0. The predicted molar refractivity (Wildman–Crippen MR) is 51.0 cm³/mol. The van der Waals surface area contributed by atoms with E-state index in [9.17, 15) is 9.59 Å². The van der Waals surface area contributed by atoms with Crippen LogP contribution in [0.2, 0.25) is 0 Å². The third-order valence-corrected chi connectivity index (χ3v) is 2.02.